The zero-order valence-electron chi connectivity index (χ0n) is 15.3. The highest BCUT2D eigenvalue weighted by Crippen LogP contribution is 2.27. The molecule has 0 saturated carbocycles. The van der Waals surface area contributed by atoms with Crippen molar-refractivity contribution >= 4 is 23.1 Å². The zero-order valence-corrected chi connectivity index (χ0v) is 16.1. The van der Waals surface area contributed by atoms with E-state index in [1.54, 1.807) is 0 Å². The summed E-state index contributed by atoms with van der Waals surface area (Å²) in [5, 5.41) is 2.22. The average molecular weight is 376 g/mol. The van der Waals surface area contributed by atoms with Crippen LogP contribution in [-0.4, -0.2) is 10.1 Å². The third kappa shape index (κ3) is 4.94. The Morgan fingerprint density at radius 3 is 2.19 bits per heavy atom. The summed E-state index contributed by atoms with van der Waals surface area (Å²) in [5.41, 5.74) is 5.01. The van der Waals surface area contributed by atoms with Crippen LogP contribution >= 0.6 is 12.2 Å². The van der Waals surface area contributed by atoms with Crippen LogP contribution in [0.3, 0.4) is 0 Å². The van der Waals surface area contributed by atoms with Gasteiger partial charge in [0.05, 0.1) is 17.0 Å². The van der Waals surface area contributed by atoms with E-state index in [0.29, 0.717) is 11.4 Å². The van der Waals surface area contributed by atoms with Crippen LogP contribution in [0.4, 0.5) is 10.1 Å². The molecule has 0 aliphatic heterocycles. The number of isothiocyanates is 1. The Morgan fingerprint density at radius 2 is 1.59 bits per heavy atom. The maximum atomic E-state index is 14.3. The molecule has 1 aromatic heterocycles. The van der Waals surface area contributed by atoms with Crippen molar-refractivity contribution in [3.63, 3.8) is 0 Å². The molecule has 0 aliphatic carbocycles. The fraction of sp³-hybridized carbons (Fsp3) is 0.217. The predicted octanol–water partition coefficient (Wildman–Crippen LogP) is 7.02. The van der Waals surface area contributed by atoms with Crippen LogP contribution in [0, 0.1) is 5.82 Å². The third-order valence-electron chi connectivity index (χ3n) is 4.52. The van der Waals surface area contributed by atoms with E-state index in [2.05, 4.69) is 58.5 Å². The maximum Gasteiger partial charge on any atom is 0.151 e. The first-order chi connectivity index (χ1) is 13.2. The Bertz CT molecular complexity index is 943. The van der Waals surface area contributed by atoms with Gasteiger partial charge in [0.2, 0.25) is 0 Å². The molecule has 4 heteroatoms. The Kier molecular flexibility index (Phi) is 6.59. The summed E-state index contributed by atoms with van der Waals surface area (Å²) >= 11 is 4.53. The van der Waals surface area contributed by atoms with Gasteiger partial charge >= 0.3 is 0 Å². The number of aliphatic imine (C=N–C) groups is 1. The molecule has 0 amide bonds. The number of aromatic nitrogens is 1. The highest BCUT2D eigenvalue weighted by molar-refractivity contribution is 7.78. The van der Waals surface area contributed by atoms with E-state index in [4.69, 9.17) is 0 Å². The Morgan fingerprint density at radius 1 is 0.963 bits per heavy atom. The second-order valence-electron chi connectivity index (χ2n) is 6.46. The Balaban J connectivity index is 1.76. The number of hydrogen-bond donors (Lipinski definition) is 0. The van der Waals surface area contributed by atoms with Crippen LogP contribution in [0.15, 0.2) is 65.8 Å². The lowest BCUT2D eigenvalue weighted by Gasteiger charge is -2.07. The number of aryl methyl sites for hydroxylation is 1. The van der Waals surface area contributed by atoms with Crippen LogP contribution in [-0.2, 0) is 6.42 Å². The van der Waals surface area contributed by atoms with Gasteiger partial charge in [0, 0.05) is 11.6 Å². The van der Waals surface area contributed by atoms with Gasteiger partial charge in [0.1, 0.15) is 5.69 Å². The Hall–Kier alpha value is -2.68. The Labute approximate surface area is 164 Å². The molecule has 0 spiro atoms. The number of pyridine rings is 1. The second kappa shape index (κ2) is 9.31. The van der Waals surface area contributed by atoms with Gasteiger partial charge in [-0.1, -0.05) is 68.3 Å². The van der Waals surface area contributed by atoms with Crippen molar-refractivity contribution < 1.29 is 4.39 Å². The van der Waals surface area contributed by atoms with Gasteiger partial charge in [-0.05, 0) is 41.7 Å². The number of rotatable bonds is 7. The first kappa shape index (κ1) is 19.1. The fourth-order valence-corrected chi connectivity index (χ4v) is 3.12. The van der Waals surface area contributed by atoms with Crippen LogP contribution in [0.2, 0.25) is 0 Å². The summed E-state index contributed by atoms with van der Waals surface area (Å²) in [7, 11) is 0. The molecule has 0 fully saturated rings. The predicted molar refractivity (Wildman–Crippen MR) is 113 cm³/mol. The zero-order chi connectivity index (χ0) is 19.1. The fourth-order valence-electron chi connectivity index (χ4n) is 3.02. The SMILES string of the molecule is CCCCCc1ccc(-c2ccc(-c3ncc(N=C=S)cc3F)cc2)cc1. The number of benzene rings is 2. The summed E-state index contributed by atoms with van der Waals surface area (Å²) in [6.45, 7) is 2.22. The number of unbranched alkanes of at least 4 members (excludes halogenated alkanes) is 2. The summed E-state index contributed by atoms with van der Waals surface area (Å²) in [6.07, 6.45) is 6.36. The highest BCUT2D eigenvalue weighted by Gasteiger charge is 2.08. The van der Waals surface area contributed by atoms with Crippen molar-refractivity contribution in [3.05, 3.63) is 72.2 Å². The van der Waals surface area contributed by atoms with Crippen LogP contribution in [0.5, 0.6) is 0 Å². The molecule has 27 heavy (non-hydrogen) atoms. The van der Waals surface area contributed by atoms with Crippen molar-refractivity contribution in [1.29, 1.82) is 0 Å². The first-order valence-corrected chi connectivity index (χ1v) is 9.55. The minimum absolute atomic E-state index is 0.302. The van der Waals surface area contributed by atoms with Gasteiger partial charge in [-0.25, -0.2) is 4.39 Å². The normalized spacial score (nSPS) is 10.4. The number of thiocarbonyl (C=S) groups is 1. The van der Waals surface area contributed by atoms with Crippen molar-refractivity contribution in [2.75, 3.05) is 0 Å². The standard InChI is InChI=1S/C23H21FN2S/c1-2-3-4-5-17-6-8-18(9-7-17)19-10-12-20(13-11-19)23-22(24)14-21(15-25-23)26-16-27/h6-15H,2-5H2,1H3. The number of hydrogen-bond acceptors (Lipinski definition) is 3. The minimum atomic E-state index is -0.425. The van der Waals surface area contributed by atoms with Gasteiger partial charge < -0.3 is 0 Å². The van der Waals surface area contributed by atoms with Gasteiger partial charge in [0.15, 0.2) is 5.82 Å². The van der Waals surface area contributed by atoms with Gasteiger partial charge in [-0.3, -0.25) is 4.98 Å². The molecule has 3 aromatic rings. The summed E-state index contributed by atoms with van der Waals surface area (Å²) < 4.78 is 14.3. The van der Waals surface area contributed by atoms with Crippen molar-refractivity contribution in [1.82, 2.24) is 4.98 Å². The van der Waals surface area contributed by atoms with E-state index in [0.717, 1.165) is 23.1 Å². The minimum Gasteiger partial charge on any atom is -0.251 e. The van der Waals surface area contributed by atoms with Crippen LogP contribution in [0.1, 0.15) is 31.7 Å². The summed E-state index contributed by atoms with van der Waals surface area (Å²) in [5.74, 6) is -0.425. The molecule has 0 bridgehead atoms. The molecule has 0 aliphatic rings. The summed E-state index contributed by atoms with van der Waals surface area (Å²) in [4.78, 5) is 7.91. The van der Waals surface area contributed by atoms with Gasteiger partial charge in [-0.2, -0.15) is 4.99 Å². The van der Waals surface area contributed by atoms with E-state index in [1.807, 2.05) is 24.3 Å². The quantitative estimate of drug-likeness (QED) is 0.251. The molecular weight excluding hydrogens is 355 g/mol. The van der Waals surface area contributed by atoms with E-state index in [9.17, 15) is 4.39 Å². The lowest BCUT2D eigenvalue weighted by molar-refractivity contribution is 0.626. The van der Waals surface area contributed by atoms with Crippen molar-refractivity contribution in [2.24, 2.45) is 4.99 Å². The number of nitrogens with zero attached hydrogens (tertiary/aromatic N) is 2. The smallest absolute Gasteiger partial charge is 0.151 e. The van der Waals surface area contributed by atoms with Crippen molar-refractivity contribution in [3.8, 4) is 22.4 Å². The van der Waals surface area contributed by atoms with E-state index in [-0.39, 0.29) is 0 Å². The molecular formula is C23H21FN2S. The van der Waals surface area contributed by atoms with Crippen LogP contribution in [0.25, 0.3) is 22.4 Å². The molecule has 1 heterocycles. The molecule has 2 nitrogen and oxygen atoms in total. The lowest BCUT2D eigenvalue weighted by atomic mass is 9.99. The first-order valence-electron chi connectivity index (χ1n) is 9.14. The molecule has 2 aromatic carbocycles. The largest absolute Gasteiger partial charge is 0.251 e. The molecule has 0 radical (unpaired) electrons. The molecule has 0 saturated heterocycles. The lowest BCUT2D eigenvalue weighted by Crippen LogP contribution is -1.89. The monoisotopic (exact) mass is 376 g/mol. The summed E-state index contributed by atoms with van der Waals surface area (Å²) in [6, 6.07) is 17.7. The molecule has 0 atom stereocenters. The second-order valence-corrected chi connectivity index (χ2v) is 6.64. The number of halogens is 1. The molecule has 0 unspecified atom stereocenters. The van der Waals surface area contributed by atoms with Gasteiger partial charge in [-0.15, -0.1) is 0 Å². The molecule has 0 N–H and O–H groups in total. The van der Waals surface area contributed by atoms with E-state index < -0.39 is 5.82 Å². The topological polar surface area (TPSA) is 25.2 Å². The van der Waals surface area contributed by atoms with Gasteiger partial charge in [0.25, 0.3) is 0 Å². The van der Waals surface area contributed by atoms with Crippen LogP contribution < -0.4 is 0 Å². The van der Waals surface area contributed by atoms with E-state index in [1.165, 1.54) is 37.1 Å². The van der Waals surface area contributed by atoms with Crippen molar-refractivity contribution in [2.45, 2.75) is 32.6 Å². The average Bonchev–Trinajstić information content (AvgIpc) is 2.69. The molecule has 136 valence electrons. The molecule has 3 rings (SSSR count). The maximum absolute atomic E-state index is 14.3. The third-order valence-corrected chi connectivity index (χ3v) is 4.61. The highest BCUT2D eigenvalue weighted by atomic mass is 32.1. The van der Waals surface area contributed by atoms with E-state index >= 15 is 0 Å².